The van der Waals surface area contributed by atoms with Crippen molar-refractivity contribution in [3.63, 3.8) is 0 Å². The van der Waals surface area contributed by atoms with Crippen molar-refractivity contribution in [2.75, 3.05) is 13.4 Å². The highest BCUT2D eigenvalue weighted by atomic mass is 19.4. The first-order chi connectivity index (χ1) is 11.1. The Morgan fingerprint density at radius 3 is 2.04 bits per heavy atom. The first-order valence-corrected chi connectivity index (χ1v) is 7.77. The Bertz CT molecular complexity index is 500. The van der Waals surface area contributed by atoms with Gasteiger partial charge in [0.1, 0.15) is 6.79 Å². The van der Waals surface area contributed by atoms with E-state index in [1.54, 1.807) is 12.2 Å². The monoisotopic (exact) mass is 360 g/mol. The molecule has 9 heteroatoms. The molecule has 0 saturated heterocycles. The maximum absolute atomic E-state index is 13.6. The van der Waals surface area contributed by atoms with E-state index in [0.717, 1.165) is 0 Å². The second kappa shape index (κ2) is 5.60. The molecule has 0 aromatic rings. The molecule has 0 aliphatic heterocycles. The number of aliphatic hydroxyl groups excluding tert-OH is 1. The maximum Gasteiger partial charge on any atom is 0.426 e. The van der Waals surface area contributed by atoms with E-state index in [0.29, 0.717) is 6.42 Å². The van der Waals surface area contributed by atoms with Crippen LogP contribution in [-0.4, -0.2) is 42.6 Å². The number of halogens is 6. The van der Waals surface area contributed by atoms with Crippen LogP contribution in [-0.2, 0) is 9.47 Å². The van der Waals surface area contributed by atoms with E-state index in [1.807, 2.05) is 0 Å². The van der Waals surface area contributed by atoms with Crippen molar-refractivity contribution < 1.29 is 40.9 Å². The quantitative estimate of drug-likeness (QED) is 0.354. The van der Waals surface area contributed by atoms with E-state index >= 15 is 0 Å². The Hall–Kier alpha value is -0.800. The fourth-order valence-corrected chi connectivity index (χ4v) is 4.73. The highest BCUT2D eigenvalue weighted by Gasteiger charge is 2.82. The van der Waals surface area contributed by atoms with Crippen LogP contribution >= 0.6 is 0 Å². The van der Waals surface area contributed by atoms with Crippen molar-refractivity contribution in [1.82, 2.24) is 0 Å². The second-order valence-electron chi connectivity index (χ2n) is 6.61. The zero-order valence-electron chi connectivity index (χ0n) is 12.8. The zero-order chi connectivity index (χ0) is 17.9. The maximum atomic E-state index is 13.6. The summed E-state index contributed by atoms with van der Waals surface area (Å²) in [4.78, 5) is 0. The summed E-state index contributed by atoms with van der Waals surface area (Å²) in [7, 11) is 0. The van der Waals surface area contributed by atoms with Gasteiger partial charge in [0.05, 0.1) is 6.10 Å². The van der Waals surface area contributed by atoms with Crippen LogP contribution in [0.2, 0.25) is 0 Å². The predicted octanol–water partition coefficient (Wildman–Crippen LogP) is 3.29. The van der Waals surface area contributed by atoms with Gasteiger partial charge in [-0.2, -0.15) is 26.3 Å². The van der Waals surface area contributed by atoms with Gasteiger partial charge in [-0.25, -0.2) is 0 Å². The Kier molecular flexibility index (Phi) is 4.20. The Balaban J connectivity index is 1.99. The fourth-order valence-electron chi connectivity index (χ4n) is 4.73. The van der Waals surface area contributed by atoms with Crippen LogP contribution in [0, 0.1) is 29.6 Å². The van der Waals surface area contributed by atoms with Crippen LogP contribution < -0.4 is 0 Å². The molecule has 3 aliphatic rings. The molecule has 3 nitrogen and oxygen atoms in total. The minimum absolute atomic E-state index is 0.0848. The second-order valence-corrected chi connectivity index (χ2v) is 6.61. The van der Waals surface area contributed by atoms with Crippen molar-refractivity contribution in [3.05, 3.63) is 12.2 Å². The number of aliphatic hydroxyl groups is 1. The van der Waals surface area contributed by atoms with E-state index in [9.17, 15) is 31.4 Å². The molecule has 6 unspecified atom stereocenters. The molecule has 0 heterocycles. The molecule has 0 radical (unpaired) electrons. The number of allylic oxidation sites excluding steroid dienone is 2. The molecule has 0 aromatic heterocycles. The first-order valence-electron chi connectivity index (χ1n) is 7.77. The van der Waals surface area contributed by atoms with Gasteiger partial charge in [-0.15, -0.1) is 0 Å². The first kappa shape index (κ1) is 18.0. The van der Waals surface area contributed by atoms with Gasteiger partial charge in [-0.05, 0) is 37.0 Å². The molecule has 0 spiro atoms. The van der Waals surface area contributed by atoms with Crippen molar-refractivity contribution >= 4 is 0 Å². The van der Waals surface area contributed by atoms with Crippen LogP contribution in [0.4, 0.5) is 26.3 Å². The molecule has 2 saturated carbocycles. The van der Waals surface area contributed by atoms with Gasteiger partial charge in [0.25, 0.3) is 5.60 Å². The van der Waals surface area contributed by atoms with Gasteiger partial charge in [0.2, 0.25) is 0 Å². The van der Waals surface area contributed by atoms with Gasteiger partial charge in [0.15, 0.2) is 0 Å². The van der Waals surface area contributed by atoms with Crippen LogP contribution in [0.1, 0.15) is 13.3 Å². The Morgan fingerprint density at radius 2 is 1.54 bits per heavy atom. The van der Waals surface area contributed by atoms with Crippen LogP contribution in [0.25, 0.3) is 0 Å². The average Bonchev–Trinajstić information content (AvgIpc) is 3.01. The van der Waals surface area contributed by atoms with Gasteiger partial charge in [-0.1, -0.05) is 12.2 Å². The number of alkyl halides is 6. The smallest absolute Gasteiger partial charge is 0.392 e. The summed E-state index contributed by atoms with van der Waals surface area (Å²) in [6, 6.07) is 0. The van der Waals surface area contributed by atoms with E-state index in [4.69, 9.17) is 0 Å². The van der Waals surface area contributed by atoms with Crippen molar-refractivity contribution in [2.45, 2.75) is 37.4 Å². The van der Waals surface area contributed by atoms with Crippen LogP contribution in [0.5, 0.6) is 0 Å². The number of ether oxygens (including phenoxy) is 2. The molecule has 0 amide bonds. The minimum atomic E-state index is -5.72. The van der Waals surface area contributed by atoms with E-state index in [2.05, 4.69) is 9.47 Å². The highest BCUT2D eigenvalue weighted by Crippen LogP contribution is 2.68. The average molecular weight is 360 g/mol. The molecule has 1 N–H and O–H groups in total. The largest absolute Gasteiger partial charge is 0.426 e. The molecule has 3 aliphatic carbocycles. The molecule has 138 valence electrons. The van der Waals surface area contributed by atoms with Crippen LogP contribution in [0.15, 0.2) is 12.2 Å². The van der Waals surface area contributed by atoms with Crippen molar-refractivity contribution in [2.24, 2.45) is 29.6 Å². The van der Waals surface area contributed by atoms with Gasteiger partial charge in [-0.3, -0.25) is 0 Å². The number of hydrogen-bond donors (Lipinski definition) is 1. The highest BCUT2D eigenvalue weighted by molar-refractivity contribution is 5.26. The minimum Gasteiger partial charge on any atom is -0.392 e. The molecule has 24 heavy (non-hydrogen) atoms. The Labute approximate surface area is 134 Å². The molecule has 3 rings (SSSR count). The lowest BCUT2D eigenvalue weighted by molar-refractivity contribution is -0.434. The third-order valence-electron chi connectivity index (χ3n) is 5.65. The third-order valence-corrected chi connectivity index (χ3v) is 5.65. The normalized spacial score (nSPS) is 38.3. The lowest BCUT2D eigenvalue weighted by Crippen LogP contribution is -2.73. The lowest BCUT2D eigenvalue weighted by atomic mass is 9.52. The van der Waals surface area contributed by atoms with Crippen molar-refractivity contribution in [1.29, 1.82) is 0 Å². The lowest BCUT2D eigenvalue weighted by Gasteiger charge is -2.57. The topological polar surface area (TPSA) is 38.7 Å². The molecular weight excluding hydrogens is 342 g/mol. The molecule has 0 aromatic carbocycles. The standard InChI is InChI=1S/C15H18F6O3/c1-2-23-6-24-13(14(16,17)18,15(19,20)21)11-9-7-3-4-8(5-7)10(9)12(11)22/h3-4,7-12,22H,2,5-6H2,1H3. The number of fused-ring (bicyclic) bond motifs is 5. The summed E-state index contributed by atoms with van der Waals surface area (Å²) in [6.45, 7) is 0.208. The third kappa shape index (κ3) is 2.24. The molecule has 6 atom stereocenters. The Morgan fingerprint density at radius 1 is 1.00 bits per heavy atom. The molecule has 2 fully saturated rings. The summed E-state index contributed by atoms with van der Waals surface area (Å²) >= 11 is 0. The zero-order valence-corrected chi connectivity index (χ0v) is 12.8. The van der Waals surface area contributed by atoms with Crippen LogP contribution in [0.3, 0.4) is 0 Å². The summed E-state index contributed by atoms with van der Waals surface area (Å²) in [6.07, 6.45) is -9.23. The predicted molar refractivity (Wildman–Crippen MR) is 69.6 cm³/mol. The molecular formula is C15H18F6O3. The summed E-state index contributed by atoms with van der Waals surface area (Å²) in [5, 5.41) is 10.2. The number of hydrogen-bond acceptors (Lipinski definition) is 3. The summed E-state index contributed by atoms with van der Waals surface area (Å²) in [5.74, 6) is -4.07. The van der Waals surface area contributed by atoms with Gasteiger partial charge >= 0.3 is 12.4 Å². The van der Waals surface area contributed by atoms with Gasteiger partial charge < -0.3 is 14.6 Å². The fraction of sp³-hybridized carbons (Fsp3) is 0.867. The number of rotatable bonds is 5. The molecule has 2 bridgehead atoms. The van der Waals surface area contributed by atoms with E-state index in [1.165, 1.54) is 6.92 Å². The summed E-state index contributed by atoms with van der Waals surface area (Å²) in [5.41, 5.74) is -4.42. The van der Waals surface area contributed by atoms with Gasteiger partial charge in [0, 0.05) is 12.5 Å². The van der Waals surface area contributed by atoms with Crippen molar-refractivity contribution in [3.8, 4) is 0 Å². The van der Waals surface area contributed by atoms with E-state index in [-0.39, 0.29) is 18.4 Å². The van der Waals surface area contributed by atoms with E-state index < -0.39 is 48.6 Å². The summed E-state index contributed by atoms with van der Waals surface area (Å²) < 4.78 is 90.6. The SMILES string of the molecule is CCOCOC(C1C(O)C2C3C=CC(C3)C21)(C(F)(F)F)C(F)(F)F.